The molecule has 0 radical (unpaired) electrons. The van der Waals surface area contributed by atoms with Gasteiger partial charge in [-0.1, -0.05) is 23.2 Å². The third kappa shape index (κ3) is 3.55. The molecule has 1 atom stereocenters. The standard InChI is InChI=1S/C19H17Cl2NO4/c20-13-1-2-15-12(9-13)10-17(26-15)19(23)22-4-3-11-7-14(21)18-16(8-11)24-5-6-25-18/h1-2,7-9,17H,3-6,10H2,(H,22,23). The Morgan fingerprint density at radius 3 is 2.85 bits per heavy atom. The first-order valence-corrected chi connectivity index (χ1v) is 9.16. The minimum Gasteiger partial charge on any atom is -0.486 e. The van der Waals surface area contributed by atoms with E-state index in [1.54, 1.807) is 12.1 Å². The highest BCUT2D eigenvalue weighted by Gasteiger charge is 2.29. The van der Waals surface area contributed by atoms with Crippen LogP contribution in [0.4, 0.5) is 0 Å². The van der Waals surface area contributed by atoms with E-state index in [1.807, 2.05) is 18.2 Å². The molecule has 2 heterocycles. The highest BCUT2D eigenvalue weighted by molar-refractivity contribution is 6.32. The van der Waals surface area contributed by atoms with Gasteiger partial charge in [0.05, 0.1) is 5.02 Å². The summed E-state index contributed by atoms with van der Waals surface area (Å²) in [4.78, 5) is 12.3. The highest BCUT2D eigenvalue weighted by Crippen LogP contribution is 2.38. The van der Waals surface area contributed by atoms with E-state index in [4.69, 9.17) is 37.4 Å². The van der Waals surface area contributed by atoms with Crippen molar-refractivity contribution in [3.8, 4) is 17.2 Å². The van der Waals surface area contributed by atoms with E-state index in [0.717, 1.165) is 11.1 Å². The molecule has 0 aliphatic carbocycles. The maximum Gasteiger partial charge on any atom is 0.261 e. The van der Waals surface area contributed by atoms with Gasteiger partial charge in [0.1, 0.15) is 19.0 Å². The zero-order valence-corrected chi connectivity index (χ0v) is 15.4. The number of fused-ring (bicyclic) bond motifs is 2. The van der Waals surface area contributed by atoms with Gasteiger partial charge in [-0.3, -0.25) is 4.79 Å². The van der Waals surface area contributed by atoms with E-state index in [9.17, 15) is 4.79 Å². The second-order valence-electron chi connectivity index (χ2n) is 6.21. The fraction of sp³-hybridized carbons (Fsp3) is 0.316. The van der Waals surface area contributed by atoms with Crippen LogP contribution in [0.2, 0.25) is 10.0 Å². The smallest absolute Gasteiger partial charge is 0.261 e. The largest absolute Gasteiger partial charge is 0.486 e. The number of carbonyl (C=O) groups excluding carboxylic acids is 1. The number of carbonyl (C=O) groups is 1. The van der Waals surface area contributed by atoms with Gasteiger partial charge in [0, 0.05) is 18.0 Å². The first-order chi connectivity index (χ1) is 12.6. The average molecular weight is 394 g/mol. The molecule has 0 fully saturated rings. The van der Waals surface area contributed by atoms with Crippen molar-refractivity contribution in [2.45, 2.75) is 18.9 Å². The number of benzene rings is 2. The summed E-state index contributed by atoms with van der Waals surface area (Å²) < 4.78 is 16.8. The van der Waals surface area contributed by atoms with E-state index < -0.39 is 6.10 Å². The summed E-state index contributed by atoms with van der Waals surface area (Å²) in [5.41, 5.74) is 1.93. The number of hydrogen-bond donors (Lipinski definition) is 1. The first-order valence-electron chi connectivity index (χ1n) is 8.41. The highest BCUT2D eigenvalue weighted by atomic mass is 35.5. The third-order valence-electron chi connectivity index (χ3n) is 4.36. The van der Waals surface area contributed by atoms with Crippen LogP contribution < -0.4 is 19.5 Å². The molecule has 5 nitrogen and oxygen atoms in total. The SMILES string of the molecule is O=C(NCCc1cc(Cl)c2c(c1)OCCO2)C1Cc2cc(Cl)ccc2O1. The van der Waals surface area contributed by atoms with Crippen LogP contribution in [0, 0.1) is 0 Å². The molecule has 1 unspecified atom stereocenters. The number of ether oxygens (including phenoxy) is 3. The fourth-order valence-electron chi connectivity index (χ4n) is 3.12. The topological polar surface area (TPSA) is 56.8 Å². The molecule has 2 aromatic rings. The van der Waals surface area contributed by atoms with E-state index in [0.29, 0.717) is 59.9 Å². The van der Waals surface area contributed by atoms with Crippen molar-refractivity contribution in [3.63, 3.8) is 0 Å². The molecule has 1 amide bonds. The third-order valence-corrected chi connectivity index (χ3v) is 4.87. The molecule has 0 saturated heterocycles. The molecular weight excluding hydrogens is 377 g/mol. The summed E-state index contributed by atoms with van der Waals surface area (Å²) in [5, 5.41) is 4.08. The molecule has 0 bridgehead atoms. The van der Waals surface area contributed by atoms with E-state index in [1.165, 1.54) is 0 Å². The molecule has 7 heteroatoms. The molecule has 2 aliphatic rings. The predicted molar refractivity (Wildman–Crippen MR) is 98.7 cm³/mol. The predicted octanol–water partition coefficient (Wildman–Crippen LogP) is 3.43. The van der Waals surface area contributed by atoms with Crippen molar-refractivity contribution < 1.29 is 19.0 Å². The van der Waals surface area contributed by atoms with Crippen molar-refractivity contribution in [2.75, 3.05) is 19.8 Å². The van der Waals surface area contributed by atoms with Crippen LogP contribution in [0.5, 0.6) is 17.2 Å². The van der Waals surface area contributed by atoms with Gasteiger partial charge in [-0.2, -0.15) is 0 Å². The van der Waals surface area contributed by atoms with Crippen LogP contribution in [-0.2, 0) is 17.6 Å². The van der Waals surface area contributed by atoms with Crippen LogP contribution in [0.3, 0.4) is 0 Å². The van der Waals surface area contributed by atoms with Crippen molar-refractivity contribution >= 4 is 29.1 Å². The summed E-state index contributed by atoms with van der Waals surface area (Å²) in [6, 6.07) is 9.12. The van der Waals surface area contributed by atoms with Crippen LogP contribution in [-0.4, -0.2) is 31.8 Å². The van der Waals surface area contributed by atoms with Crippen molar-refractivity contribution in [3.05, 3.63) is 51.5 Å². The molecule has 4 rings (SSSR count). The van der Waals surface area contributed by atoms with E-state index in [-0.39, 0.29) is 5.91 Å². The Morgan fingerprint density at radius 1 is 1.12 bits per heavy atom. The quantitative estimate of drug-likeness (QED) is 0.864. The molecule has 0 spiro atoms. The zero-order chi connectivity index (χ0) is 18.1. The number of amides is 1. The Labute approximate surface area is 161 Å². The van der Waals surface area contributed by atoms with E-state index in [2.05, 4.69) is 5.32 Å². The monoisotopic (exact) mass is 393 g/mol. The van der Waals surface area contributed by atoms with Gasteiger partial charge in [-0.25, -0.2) is 0 Å². The Hall–Kier alpha value is -2.11. The molecule has 2 aromatic carbocycles. The normalized spacial score (nSPS) is 17.4. The molecule has 0 aromatic heterocycles. The minimum atomic E-state index is -0.521. The molecule has 1 N–H and O–H groups in total. The van der Waals surface area contributed by atoms with Crippen LogP contribution in [0.25, 0.3) is 0 Å². The fourth-order valence-corrected chi connectivity index (χ4v) is 3.60. The molecule has 2 aliphatic heterocycles. The lowest BCUT2D eigenvalue weighted by atomic mass is 10.1. The Morgan fingerprint density at radius 2 is 1.96 bits per heavy atom. The second-order valence-corrected chi connectivity index (χ2v) is 7.05. The molecular formula is C19H17Cl2NO4. The van der Waals surface area contributed by atoms with Crippen LogP contribution >= 0.6 is 23.2 Å². The van der Waals surface area contributed by atoms with Gasteiger partial charge in [0.2, 0.25) is 0 Å². The van der Waals surface area contributed by atoms with Gasteiger partial charge in [0.25, 0.3) is 5.91 Å². The summed E-state index contributed by atoms with van der Waals surface area (Å²) in [6.07, 6.45) is 0.637. The lowest BCUT2D eigenvalue weighted by Gasteiger charge is -2.20. The first kappa shape index (κ1) is 17.3. The number of halogens is 2. The van der Waals surface area contributed by atoms with Crippen LogP contribution in [0.1, 0.15) is 11.1 Å². The Bertz CT molecular complexity index is 856. The Kier molecular flexibility index (Phi) is 4.83. The average Bonchev–Trinajstić information content (AvgIpc) is 3.05. The molecule has 136 valence electrons. The van der Waals surface area contributed by atoms with Crippen molar-refractivity contribution in [1.82, 2.24) is 5.32 Å². The number of nitrogens with one attached hydrogen (secondary N) is 1. The van der Waals surface area contributed by atoms with Gasteiger partial charge in [-0.05, 0) is 47.9 Å². The minimum absolute atomic E-state index is 0.138. The van der Waals surface area contributed by atoms with E-state index >= 15 is 0 Å². The lowest BCUT2D eigenvalue weighted by molar-refractivity contribution is -0.127. The zero-order valence-electron chi connectivity index (χ0n) is 13.9. The number of rotatable bonds is 4. The number of hydrogen-bond acceptors (Lipinski definition) is 4. The lowest BCUT2D eigenvalue weighted by Crippen LogP contribution is -2.38. The summed E-state index contributed by atoms with van der Waals surface area (Å²) in [5.74, 6) is 1.81. The summed E-state index contributed by atoms with van der Waals surface area (Å²) in [6.45, 7) is 1.48. The van der Waals surface area contributed by atoms with Gasteiger partial charge < -0.3 is 19.5 Å². The Balaban J connectivity index is 1.33. The summed E-state index contributed by atoms with van der Waals surface area (Å²) >= 11 is 12.2. The maximum atomic E-state index is 12.3. The molecule has 0 saturated carbocycles. The summed E-state index contributed by atoms with van der Waals surface area (Å²) in [7, 11) is 0. The van der Waals surface area contributed by atoms with Gasteiger partial charge in [0.15, 0.2) is 17.6 Å². The molecule has 26 heavy (non-hydrogen) atoms. The van der Waals surface area contributed by atoms with Gasteiger partial charge >= 0.3 is 0 Å². The van der Waals surface area contributed by atoms with Crippen LogP contribution in [0.15, 0.2) is 30.3 Å². The maximum absolute atomic E-state index is 12.3. The van der Waals surface area contributed by atoms with Crippen molar-refractivity contribution in [2.24, 2.45) is 0 Å². The second kappa shape index (κ2) is 7.25. The van der Waals surface area contributed by atoms with Gasteiger partial charge in [-0.15, -0.1) is 0 Å². The van der Waals surface area contributed by atoms with Crippen molar-refractivity contribution in [1.29, 1.82) is 0 Å².